The molecule has 8 heteroatoms. The Kier molecular flexibility index (Phi) is 4.87. The van der Waals surface area contributed by atoms with E-state index in [1.54, 1.807) is 28.6 Å². The number of rotatable bonds is 3. The largest absolute Gasteiger partial charge is 0.372 e. The van der Waals surface area contributed by atoms with Crippen LogP contribution in [0.4, 0.5) is 11.4 Å². The highest BCUT2D eigenvalue weighted by atomic mass is 32.2. The van der Waals surface area contributed by atoms with Crippen LogP contribution in [-0.4, -0.2) is 36.3 Å². The normalized spacial score (nSPS) is 17.3. The number of hydrogen-bond acceptors (Lipinski definition) is 4. The number of anilines is 2. The molecule has 0 unspecified atom stereocenters. The molecule has 2 aliphatic heterocycles. The van der Waals surface area contributed by atoms with Gasteiger partial charge in [-0.25, -0.2) is 8.42 Å². The summed E-state index contributed by atoms with van der Waals surface area (Å²) >= 11 is 0. The molecule has 0 aliphatic carbocycles. The zero-order valence-electron chi connectivity index (χ0n) is 18.1. The van der Waals surface area contributed by atoms with E-state index in [4.69, 9.17) is 0 Å². The first-order valence-electron chi connectivity index (χ1n) is 10.7. The number of piperidine rings is 1. The third-order valence-corrected chi connectivity index (χ3v) is 8.33. The van der Waals surface area contributed by atoms with Gasteiger partial charge in [-0.3, -0.25) is 4.79 Å². The number of fused-ring (bicyclic) bond motifs is 4. The van der Waals surface area contributed by atoms with E-state index in [1.807, 2.05) is 6.07 Å². The van der Waals surface area contributed by atoms with E-state index in [0.29, 0.717) is 31.6 Å². The fourth-order valence-corrected chi connectivity index (χ4v) is 6.26. The molecule has 0 saturated carbocycles. The van der Waals surface area contributed by atoms with E-state index in [2.05, 4.69) is 52.6 Å². The van der Waals surface area contributed by atoms with E-state index >= 15 is 0 Å². The number of hydrogen-bond donors (Lipinski definition) is 2. The zero-order chi connectivity index (χ0) is 22.5. The lowest BCUT2D eigenvalue weighted by molar-refractivity contribution is -0.114. The molecule has 0 bridgehead atoms. The van der Waals surface area contributed by atoms with Crippen LogP contribution in [-0.2, 0) is 20.4 Å². The van der Waals surface area contributed by atoms with Crippen LogP contribution in [0.3, 0.4) is 0 Å². The number of aryl methyl sites for hydroxylation is 1. The number of carbonyl (C=O) groups is 1. The molecule has 2 N–H and O–H groups in total. The maximum Gasteiger partial charge on any atom is 0.243 e. The van der Waals surface area contributed by atoms with Crippen LogP contribution in [0.25, 0.3) is 5.69 Å². The zero-order valence-corrected chi connectivity index (χ0v) is 18.9. The van der Waals surface area contributed by atoms with Gasteiger partial charge in [0.1, 0.15) is 0 Å². The average Bonchev–Trinajstić information content (AvgIpc) is 3.25. The van der Waals surface area contributed by atoms with Crippen LogP contribution in [0.15, 0.2) is 65.7 Å². The lowest BCUT2D eigenvalue weighted by atomic mass is 9.83. The fraction of sp³-hybridized carbons (Fsp3) is 0.292. The summed E-state index contributed by atoms with van der Waals surface area (Å²) in [5.41, 5.74) is 4.84. The van der Waals surface area contributed by atoms with Gasteiger partial charge >= 0.3 is 0 Å². The molecule has 1 amide bonds. The van der Waals surface area contributed by atoms with Gasteiger partial charge in [0.15, 0.2) is 0 Å². The Balaban J connectivity index is 1.39. The molecule has 166 valence electrons. The summed E-state index contributed by atoms with van der Waals surface area (Å²) in [7, 11) is -3.61. The smallest absolute Gasteiger partial charge is 0.243 e. The minimum absolute atomic E-state index is 0.191. The molecule has 3 aromatic rings. The Bertz CT molecular complexity index is 1290. The van der Waals surface area contributed by atoms with Gasteiger partial charge in [-0.15, -0.1) is 0 Å². The van der Waals surface area contributed by atoms with Gasteiger partial charge in [-0.1, -0.05) is 6.07 Å². The summed E-state index contributed by atoms with van der Waals surface area (Å²) in [5, 5.41) is 6.41. The molecule has 32 heavy (non-hydrogen) atoms. The Morgan fingerprint density at radius 1 is 1.06 bits per heavy atom. The third kappa shape index (κ3) is 3.40. The van der Waals surface area contributed by atoms with Crippen molar-refractivity contribution in [3.63, 3.8) is 0 Å². The second kappa shape index (κ2) is 7.50. The van der Waals surface area contributed by atoms with Crippen LogP contribution in [0, 0.1) is 6.92 Å². The molecule has 1 aromatic heterocycles. The summed E-state index contributed by atoms with van der Waals surface area (Å²) in [4.78, 5) is 11.4. The summed E-state index contributed by atoms with van der Waals surface area (Å²) in [6, 6.07) is 16.9. The van der Waals surface area contributed by atoms with E-state index in [9.17, 15) is 13.2 Å². The number of carbonyl (C=O) groups excluding carboxylic acids is 1. The highest BCUT2D eigenvalue weighted by Gasteiger charge is 2.43. The number of nitrogens with zero attached hydrogens (tertiary/aromatic N) is 2. The van der Waals surface area contributed by atoms with Gasteiger partial charge in [0.2, 0.25) is 15.9 Å². The number of amides is 1. The highest BCUT2D eigenvalue weighted by Crippen LogP contribution is 2.44. The van der Waals surface area contributed by atoms with Crippen LogP contribution >= 0.6 is 0 Å². The molecular weight excluding hydrogens is 424 g/mol. The molecule has 1 saturated heterocycles. The maximum atomic E-state index is 13.2. The summed E-state index contributed by atoms with van der Waals surface area (Å²) in [6.45, 7) is 4.35. The standard InChI is InChI=1S/C24H26N4O3S/c1-17-5-10-22-21(16-17)26-24(23-4-3-13-28(22)23)11-14-27(15-12-24)32(30,31)20-8-6-19(7-9-20)25-18(2)29/h3-10,13,16,26H,11-12,14-15H2,1-2H3,(H,25,29). The fourth-order valence-electron chi connectivity index (χ4n) is 4.81. The topological polar surface area (TPSA) is 83.4 Å². The highest BCUT2D eigenvalue weighted by molar-refractivity contribution is 7.89. The van der Waals surface area contributed by atoms with E-state index in [1.165, 1.54) is 18.2 Å². The monoisotopic (exact) mass is 450 g/mol. The predicted molar refractivity (Wildman–Crippen MR) is 125 cm³/mol. The van der Waals surface area contributed by atoms with Crippen LogP contribution < -0.4 is 10.6 Å². The molecule has 1 fully saturated rings. The third-order valence-electron chi connectivity index (χ3n) is 6.41. The quantitative estimate of drug-likeness (QED) is 0.635. The van der Waals surface area contributed by atoms with Crippen molar-refractivity contribution in [1.29, 1.82) is 0 Å². The number of aromatic nitrogens is 1. The van der Waals surface area contributed by atoms with E-state index in [-0.39, 0.29) is 16.3 Å². The van der Waals surface area contributed by atoms with Crippen LogP contribution in [0.5, 0.6) is 0 Å². The van der Waals surface area contributed by atoms with Gasteiger partial charge in [0.25, 0.3) is 0 Å². The van der Waals surface area contributed by atoms with Crippen LogP contribution in [0.2, 0.25) is 0 Å². The minimum Gasteiger partial charge on any atom is -0.372 e. The van der Waals surface area contributed by atoms with E-state index < -0.39 is 10.0 Å². The Morgan fingerprint density at radius 2 is 1.78 bits per heavy atom. The first-order valence-corrected chi connectivity index (χ1v) is 12.2. The van der Waals surface area contributed by atoms with Crippen molar-refractivity contribution in [1.82, 2.24) is 8.87 Å². The second-order valence-corrected chi connectivity index (χ2v) is 10.5. The molecule has 5 rings (SSSR count). The lowest BCUT2D eigenvalue weighted by Gasteiger charge is -2.46. The SMILES string of the molecule is CC(=O)Nc1ccc(S(=O)(=O)N2CCC3(CC2)Nc2cc(C)ccc2-n2cccc23)cc1. The van der Waals surface area contributed by atoms with Gasteiger partial charge < -0.3 is 15.2 Å². The molecule has 3 heterocycles. The van der Waals surface area contributed by atoms with Crippen molar-refractivity contribution < 1.29 is 13.2 Å². The van der Waals surface area contributed by atoms with Crippen molar-refractivity contribution >= 4 is 27.3 Å². The van der Waals surface area contributed by atoms with Crippen LogP contribution in [0.1, 0.15) is 31.0 Å². The Morgan fingerprint density at radius 3 is 2.47 bits per heavy atom. The van der Waals surface area contributed by atoms with Crippen molar-refractivity contribution in [2.45, 2.75) is 37.1 Å². The average molecular weight is 451 g/mol. The molecule has 7 nitrogen and oxygen atoms in total. The molecule has 0 atom stereocenters. The predicted octanol–water partition coefficient (Wildman–Crippen LogP) is 3.85. The first kappa shape index (κ1) is 20.8. The minimum atomic E-state index is -3.61. The van der Waals surface area contributed by atoms with Crippen molar-refractivity contribution in [3.05, 3.63) is 72.1 Å². The molecule has 0 radical (unpaired) electrons. The van der Waals surface area contributed by atoms with Gasteiger partial charge in [-0.05, 0) is 73.9 Å². The van der Waals surface area contributed by atoms with Crippen molar-refractivity contribution in [2.24, 2.45) is 0 Å². The van der Waals surface area contributed by atoms with Gasteiger partial charge in [0, 0.05) is 37.6 Å². The maximum absolute atomic E-state index is 13.2. The van der Waals surface area contributed by atoms with Crippen molar-refractivity contribution in [2.75, 3.05) is 23.7 Å². The Hall–Kier alpha value is -3.10. The molecule has 2 aliphatic rings. The molecule has 2 aromatic carbocycles. The lowest BCUT2D eigenvalue weighted by Crippen LogP contribution is -2.51. The van der Waals surface area contributed by atoms with Gasteiger partial charge in [0.05, 0.1) is 21.8 Å². The summed E-state index contributed by atoms with van der Waals surface area (Å²) < 4.78 is 30.3. The second-order valence-electron chi connectivity index (χ2n) is 8.60. The summed E-state index contributed by atoms with van der Waals surface area (Å²) in [5.74, 6) is -0.191. The van der Waals surface area contributed by atoms with Gasteiger partial charge in [-0.2, -0.15) is 4.31 Å². The number of benzene rings is 2. The Labute approximate surface area is 188 Å². The number of nitrogens with one attached hydrogen (secondary N) is 2. The number of sulfonamides is 1. The molecular formula is C24H26N4O3S. The van der Waals surface area contributed by atoms with Crippen molar-refractivity contribution in [3.8, 4) is 5.69 Å². The first-order chi connectivity index (χ1) is 15.3. The van der Waals surface area contributed by atoms with E-state index in [0.717, 1.165) is 11.4 Å². The summed E-state index contributed by atoms with van der Waals surface area (Å²) in [6.07, 6.45) is 3.42. The molecule has 1 spiro atoms.